The van der Waals surface area contributed by atoms with E-state index in [1.165, 1.54) is 18.6 Å². The van der Waals surface area contributed by atoms with E-state index in [2.05, 4.69) is 23.5 Å². The molecule has 1 heterocycles. The third-order valence-corrected chi connectivity index (χ3v) is 2.51. The molecule has 0 radical (unpaired) electrons. The first-order chi connectivity index (χ1) is 7.13. The van der Waals surface area contributed by atoms with E-state index in [0.29, 0.717) is 5.92 Å². The maximum absolute atomic E-state index is 11.5. The Kier molecular flexibility index (Phi) is 4.55. The van der Waals surface area contributed by atoms with Gasteiger partial charge in [0.1, 0.15) is 11.9 Å². The quantitative estimate of drug-likeness (QED) is 0.784. The van der Waals surface area contributed by atoms with Crippen LogP contribution in [0.2, 0.25) is 0 Å². The number of hydrogen-bond donors (Lipinski definition) is 1. The molecule has 0 unspecified atom stereocenters. The van der Waals surface area contributed by atoms with Gasteiger partial charge in [0.05, 0.1) is 7.11 Å². The van der Waals surface area contributed by atoms with Crippen LogP contribution in [-0.2, 0) is 9.53 Å². The lowest BCUT2D eigenvalue weighted by molar-refractivity contribution is -0.141. The van der Waals surface area contributed by atoms with Gasteiger partial charge in [-0.05, 0) is 29.9 Å². The van der Waals surface area contributed by atoms with Gasteiger partial charge in [0.25, 0.3) is 0 Å². The number of carbonyl (C=O) groups is 1. The molecule has 0 bridgehead atoms. The topological polar surface area (TPSA) is 51.2 Å². The average Bonchev–Trinajstić information content (AvgIpc) is 2.67. The van der Waals surface area contributed by atoms with Crippen molar-refractivity contribution < 1.29 is 9.53 Å². The molecule has 0 aliphatic heterocycles. The first-order valence-electron chi connectivity index (χ1n) is 4.88. The van der Waals surface area contributed by atoms with E-state index >= 15 is 0 Å². The maximum atomic E-state index is 11.5. The van der Waals surface area contributed by atoms with Crippen LogP contribution >= 0.6 is 11.5 Å². The van der Waals surface area contributed by atoms with Crippen molar-refractivity contribution in [2.24, 2.45) is 5.92 Å². The molecule has 0 saturated carbocycles. The van der Waals surface area contributed by atoms with Gasteiger partial charge in [-0.25, -0.2) is 4.79 Å². The van der Waals surface area contributed by atoms with Crippen molar-refractivity contribution in [1.29, 1.82) is 0 Å². The van der Waals surface area contributed by atoms with Crippen molar-refractivity contribution in [3.8, 4) is 0 Å². The molecule has 4 nitrogen and oxygen atoms in total. The van der Waals surface area contributed by atoms with Gasteiger partial charge in [0, 0.05) is 5.38 Å². The number of hydrogen-bond acceptors (Lipinski definition) is 5. The molecule has 1 rings (SSSR count). The predicted octanol–water partition coefficient (Wildman–Crippen LogP) is 2.14. The molecule has 15 heavy (non-hydrogen) atoms. The average molecular weight is 228 g/mol. The van der Waals surface area contributed by atoms with Crippen molar-refractivity contribution in [3.63, 3.8) is 0 Å². The van der Waals surface area contributed by atoms with Crippen LogP contribution in [0.5, 0.6) is 0 Å². The molecule has 0 spiro atoms. The summed E-state index contributed by atoms with van der Waals surface area (Å²) in [4.78, 5) is 11.5. The van der Waals surface area contributed by atoms with E-state index in [4.69, 9.17) is 4.74 Å². The molecular formula is C10H16N2O2S. The molecule has 84 valence electrons. The van der Waals surface area contributed by atoms with E-state index in [9.17, 15) is 4.79 Å². The minimum absolute atomic E-state index is 0.239. The van der Waals surface area contributed by atoms with Crippen molar-refractivity contribution in [3.05, 3.63) is 11.4 Å². The highest BCUT2D eigenvalue weighted by Crippen LogP contribution is 2.13. The molecule has 1 aromatic heterocycles. The molecule has 0 aliphatic carbocycles. The van der Waals surface area contributed by atoms with Gasteiger partial charge in [-0.1, -0.05) is 13.8 Å². The van der Waals surface area contributed by atoms with Gasteiger partial charge >= 0.3 is 5.97 Å². The lowest BCUT2D eigenvalue weighted by atomic mass is 10.0. The third-order valence-electron chi connectivity index (χ3n) is 1.95. The Morgan fingerprint density at radius 1 is 1.67 bits per heavy atom. The number of nitrogens with one attached hydrogen (secondary N) is 1. The molecule has 5 heteroatoms. The third kappa shape index (κ3) is 3.87. The Balaban J connectivity index is 2.60. The number of nitrogens with zero attached hydrogens (tertiary/aromatic N) is 1. The Labute approximate surface area is 93.8 Å². The summed E-state index contributed by atoms with van der Waals surface area (Å²) in [6, 6.07) is 1.54. The molecule has 1 N–H and O–H groups in total. The molecule has 0 saturated heterocycles. The zero-order valence-electron chi connectivity index (χ0n) is 9.19. The van der Waals surface area contributed by atoms with Gasteiger partial charge in [-0.2, -0.15) is 4.37 Å². The summed E-state index contributed by atoms with van der Waals surface area (Å²) in [5, 5.41) is 4.93. The number of aromatic nitrogens is 1. The van der Waals surface area contributed by atoms with Crippen LogP contribution in [0.4, 0.5) is 5.82 Å². The van der Waals surface area contributed by atoms with Gasteiger partial charge in [-0.15, -0.1) is 0 Å². The fourth-order valence-corrected chi connectivity index (χ4v) is 1.77. The van der Waals surface area contributed by atoms with Crippen molar-refractivity contribution in [1.82, 2.24) is 4.37 Å². The zero-order chi connectivity index (χ0) is 11.3. The summed E-state index contributed by atoms with van der Waals surface area (Å²) in [5.74, 6) is 0.924. The number of anilines is 1. The molecule has 0 aliphatic rings. The van der Waals surface area contributed by atoms with Crippen LogP contribution in [0, 0.1) is 5.92 Å². The van der Waals surface area contributed by atoms with Crippen LogP contribution in [0.15, 0.2) is 11.4 Å². The van der Waals surface area contributed by atoms with E-state index < -0.39 is 0 Å². The SMILES string of the molecule is COC(=O)[C@H](CC(C)C)Nc1ccsn1. The van der Waals surface area contributed by atoms with Crippen LogP contribution < -0.4 is 5.32 Å². The number of methoxy groups -OCH3 is 1. The normalized spacial score (nSPS) is 12.5. The van der Waals surface area contributed by atoms with Crippen LogP contribution in [0.3, 0.4) is 0 Å². The predicted molar refractivity (Wildman–Crippen MR) is 61.0 cm³/mol. The summed E-state index contributed by atoms with van der Waals surface area (Å²) in [6.07, 6.45) is 0.740. The van der Waals surface area contributed by atoms with Crippen LogP contribution in [0.1, 0.15) is 20.3 Å². The summed E-state index contributed by atoms with van der Waals surface area (Å²) in [7, 11) is 1.40. The van der Waals surface area contributed by atoms with E-state index in [0.717, 1.165) is 12.2 Å². The van der Waals surface area contributed by atoms with Crippen molar-refractivity contribution in [2.45, 2.75) is 26.3 Å². The fourth-order valence-electron chi connectivity index (χ4n) is 1.29. The molecular weight excluding hydrogens is 212 g/mol. The fraction of sp³-hybridized carbons (Fsp3) is 0.600. The summed E-state index contributed by atoms with van der Waals surface area (Å²) in [5.41, 5.74) is 0. The highest BCUT2D eigenvalue weighted by Gasteiger charge is 2.20. The highest BCUT2D eigenvalue weighted by atomic mass is 32.1. The maximum Gasteiger partial charge on any atom is 0.328 e. The largest absolute Gasteiger partial charge is 0.467 e. The number of esters is 1. The first kappa shape index (κ1) is 12.0. The smallest absolute Gasteiger partial charge is 0.328 e. The van der Waals surface area contributed by atoms with Gasteiger partial charge in [0.15, 0.2) is 0 Å². The Bertz CT molecular complexity index is 298. The van der Waals surface area contributed by atoms with E-state index in [1.807, 2.05) is 11.4 Å². The second kappa shape index (κ2) is 5.70. The van der Waals surface area contributed by atoms with Gasteiger partial charge < -0.3 is 10.1 Å². The summed E-state index contributed by atoms with van der Waals surface area (Å²) in [6.45, 7) is 4.14. The second-order valence-electron chi connectivity index (χ2n) is 3.73. The highest BCUT2D eigenvalue weighted by molar-refractivity contribution is 7.03. The first-order valence-corrected chi connectivity index (χ1v) is 5.72. The minimum atomic E-state index is -0.308. The number of rotatable bonds is 5. The minimum Gasteiger partial charge on any atom is -0.467 e. The molecule has 0 fully saturated rings. The van der Waals surface area contributed by atoms with Crippen molar-refractivity contribution in [2.75, 3.05) is 12.4 Å². The second-order valence-corrected chi connectivity index (χ2v) is 4.40. The van der Waals surface area contributed by atoms with Gasteiger partial charge in [0.2, 0.25) is 0 Å². The summed E-state index contributed by atoms with van der Waals surface area (Å²) < 4.78 is 8.84. The lowest BCUT2D eigenvalue weighted by Gasteiger charge is -2.17. The van der Waals surface area contributed by atoms with Crippen LogP contribution in [0.25, 0.3) is 0 Å². The van der Waals surface area contributed by atoms with E-state index in [1.54, 1.807) is 0 Å². The molecule has 1 aromatic rings. The molecule has 1 atom stereocenters. The van der Waals surface area contributed by atoms with E-state index in [-0.39, 0.29) is 12.0 Å². The molecule has 0 aromatic carbocycles. The monoisotopic (exact) mass is 228 g/mol. The zero-order valence-corrected chi connectivity index (χ0v) is 10.0. The number of carbonyl (C=O) groups excluding carboxylic acids is 1. The standard InChI is InChI=1S/C10H16N2O2S/c1-7(2)6-8(10(13)14-3)11-9-4-5-15-12-9/h4-5,7-8H,6H2,1-3H3,(H,11,12)/t8-/m0/s1. The van der Waals surface area contributed by atoms with Gasteiger partial charge in [-0.3, -0.25) is 0 Å². The number of ether oxygens (including phenoxy) is 1. The Morgan fingerprint density at radius 3 is 2.87 bits per heavy atom. The summed E-state index contributed by atoms with van der Waals surface area (Å²) >= 11 is 1.36. The Hall–Kier alpha value is -1.10. The van der Waals surface area contributed by atoms with Crippen LogP contribution in [-0.4, -0.2) is 23.5 Å². The Morgan fingerprint density at radius 2 is 2.40 bits per heavy atom. The molecule has 0 amide bonds. The lowest BCUT2D eigenvalue weighted by Crippen LogP contribution is -2.32. The van der Waals surface area contributed by atoms with Crippen molar-refractivity contribution >= 4 is 23.3 Å².